The number of hydrogen-bond donors (Lipinski definition) is 2. The van der Waals surface area contributed by atoms with Gasteiger partial charge in [-0.15, -0.1) is 12.4 Å². The Morgan fingerprint density at radius 1 is 1.06 bits per heavy atom. The largest absolute Gasteiger partial charge is 0.465 e. The van der Waals surface area contributed by atoms with Crippen LogP contribution < -0.4 is 5.69 Å². The summed E-state index contributed by atoms with van der Waals surface area (Å²) in [5, 5.41) is 0.593. The number of likely N-dealkylation sites (tertiary alicyclic amines) is 1. The number of ketones is 1. The fourth-order valence-corrected chi connectivity index (χ4v) is 4.57. The molecule has 2 heterocycles. The van der Waals surface area contributed by atoms with Gasteiger partial charge in [0.15, 0.2) is 0 Å². The SMILES string of the molecule is CCOC(=O)C1(c2ccc(Cl)cc2)CCN(Cc2[nH]c(=O)[nH]c2C(=O)c2ccc(F)cc2)CC1.Cl. The third kappa shape index (κ3) is 5.66. The predicted octanol–water partition coefficient (Wildman–Crippen LogP) is 4.25. The van der Waals surface area contributed by atoms with Crippen LogP contribution in [0.15, 0.2) is 53.3 Å². The van der Waals surface area contributed by atoms with Crippen LogP contribution in [-0.4, -0.2) is 46.3 Å². The van der Waals surface area contributed by atoms with Gasteiger partial charge in [-0.05, 0) is 74.8 Å². The topological polar surface area (TPSA) is 95.3 Å². The van der Waals surface area contributed by atoms with Crippen molar-refractivity contribution in [2.75, 3.05) is 19.7 Å². The van der Waals surface area contributed by atoms with Crippen LogP contribution in [0.25, 0.3) is 0 Å². The lowest BCUT2D eigenvalue weighted by atomic mass is 9.72. The molecule has 1 aliphatic rings. The number of halogens is 3. The second kappa shape index (κ2) is 11.2. The first-order chi connectivity index (χ1) is 16.3. The highest BCUT2D eigenvalue weighted by atomic mass is 35.5. The van der Waals surface area contributed by atoms with E-state index in [4.69, 9.17) is 16.3 Å². The first kappa shape index (κ1) is 26.7. The van der Waals surface area contributed by atoms with Gasteiger partial charge in [0, 0.05) is 17.1 Å². The molecule has 0 unspecified atom stereocenters. The molecule has 3 aromatic rings. The Morgan fingerprint density at radius 2 is 1.69 bits per heavy atom. The van der Waals surface area contributed by atoms with Crippen LogP contribution in [0.1, 0.15) is 47.1 Å². The smallest absolute Gasteiger partial charge is 0.323 e. The lowest BCUT2D eigenvalue weighted by molar-refractivity contribution is -0.152. The van der Waals surface area contributed by atoms with Crippen molar-refractivity contribution in [3.05, 3.63) is 92.4 Å². The second-order valence-electron chi connectivity index (χ2n) is 8.35. The minimum atomic E-state index is -0.782. The fraction of sp³-hybridized carbons (Fsp3) is 0.320. The molecule has 1 aromatic heterocycles. The summed E-state index contributed by atoms with van der Waals surface area (Å²) in [6, 6.07) is 12.4. The summed E-state index contributed by atoms with van der Waals surface area (Å²) in [6.07, 6.45) is 1.03. The number of benzene rings is 2. The second-order valence-corrected chi connectivity index (χ2v) is 8.79. The van der Waals surface area contributed by atoms with E-state index in [1.54, 1.807) is 19.1 Å². The molecule has 186 valence electrons. The van der Waals surface area contributed by atoms with Gasteiger partial charge in [-0.25, -0.2) is 9.18 Å². The standard InChI is InChI=1S/C25H25ClFN3O4.ClH/c1-2-34-23(32)25(17-5-7-18(26)8-6-17)11-13-30(14-12-25)15-20-21(29-24(33)28-20)22(31)16-3-9-19(27)10-4-16;/h3-10H,2,11-15H2,1H3,(H2,28,29,33);1H. The van der Waals surface area contributed by atoms with Crippen molar-refractivity contribution >= 4 is 35.8 Å². The van der Waals surface area contributed by atoms with Crippen LogP contribution >= 0.6 is 24.0 Å². The number of esters is 1. The van der Waals surface area contributed by atoms with Gasteiger partial charge in [0.1, 0.15) is 11.5 Å². The van der Waals surface area contributed by atoms with E-state index in [-0.39, 0.29) is 36.2 Å². The average Bonchev–Trinajstić information content (AvgIpc) is 3.20. The van der Waals surface area contributed by atoms with Crippen LogP contribution in [0, 0.1) is 5.82 Å². The molecule has 0 bridgehead atoms. The van der Waals surface area contributed by atoms with Gasteiger partial charge in [0.25, 0.3) is 0 Å². The van der Waals surface area contributed by atoms with Crippen molar-refractivity contribution in [3.8, 4) is 0 Å². The van der Waals surface area contributed by atoms with E-state index in [2.05, 4.69) is 14.9 Å². The van der Waals surface area contributed by atoms with Crippen LogP contribution in [0.4, 0.5) is 4.39 Å². The molecule has 0 saturated carbocycles. The van der Waals surface area contributed by atoms with Gasteiger partial charge in [-0.3, -0.25) is 14.5 Å². The molecule has 35 heavy (non-hydrogen) atoms. The molecule has 0 spiro atoms. The van der Waals surface area contributed by atoms with Crippen molar-refractivity contribution in [1.29, 1.82) is 0 Å². The van der Waals surface area contributed by atoms with Gasteiger partial charge in [0.05, 0.1) is 17.7 Å². The minimum absolute atomic E-state index is 0. The number of carbonyl (C=O) groups is 2. The number of carbonyl (C=O) groups excluding carboxylic acids is 2. The number of aromatic nitrogens is 2. The number of piperidine rings is 1. The summed E-state index contributed by atoms with van der Waals surface area (Å²) < 4.78 is 18.7. The zero-order valence-electron chi connectivity index (χ0n) is 19.1. The first-order valence-corrected chi connectivity index (χ1v) is 11.5. The molecule has 0 amide bonds. The maximum Gasteiger partial charge on any atom is 0.323 e. The van der Waals surface area contributed by atoms with E-state index in [9.17, 15) is 18.8 Å². The monoisotopic (exact) mass is 521 g/mol. The van der Waals surface area contributed by atoms with Crippen LogP contribution in [0.2, 0.25) is 5.02 Å². The van der Waals surface area contributed by atoms with Crippen LogP contribution in [-0.2, 0) is 21.5 Å². The Bertz CT molecular complexity index is 1230. The quantitative estimate of drug-likeness (QED) is 0.358. The van der Waals surface area contributed by atoms with E-state index in [1.165, 1.54) is 24.3 Å². The van der Waals surface area contributed by atoms with Crippen molar-refractivity contribution in [2.45, 2.75) is 31.7 Å². The molecule has 0 atom stereocenters. The van der Waals surface area contributed by atoms with Gasteiger partial charge < -0.3 is 14.7 Å². The molecule has 4 rings (SSSR count). The summed E-state index contributed by atoms with van der Waals surface area (Å²) in [4.78, 5) is 45.3. The van der Waals surface area contributed by atoms with E-state index < -0.39 is 22.7 Å². The Hall–Kier alpha value is -2.94. The summed E-state index contributed by atoms with van der Waals surface area (Å²) in [5.41, 5.74) is 0.471. The molecule has 7 nitrogen and oxygen atoms in total. The molecule has 2 N–H and O–H groups in total. The highest BCUT2D eigenvalue weighted by molar-refractivity contribution is 6.30. The van der Waals surface area contributed by atoms with Gasteiger partial charge in [0.2, 0.25) is 5.78 Å². The maximum atomic E-state index is 13.2. The van der Waals surface area contributed by atoms with Gasteiger partial charge in [-0.2, -0.15) is 0 Å². The Balaban J connectivity index is 0.00000342. The summed E-state index contributed by atoms with van der Waals surface area (Å²) in [7, 11) is 0. The average molecular weight is 522 g/mol. The molecule has 1 aliphatic heterocycles. The fourth-order valence-electron chi connectivity index (χ4n) is 4.44. The van der Waals surface area contributed by atoms with Crippen molar-refractivity contribution in [2.24, 2.45) is 0 Å². The van der Waals surface area contributed by atoms with E-state index in [0.717, 1.165) is 5.56 Å². The van der Waals surface area contributed by atoms with E-state index in [0.29, 0.717) is 43.2 Å². The normalized spacial score (nSPS) is 15.3. The van der Waals surface area contributed by atoms with Gasteiger partial charge >= 0.3 is 11.7 Å². The zero-order valence-corrected chi connectivity index (χ0v) is 20.7. The summed E-state index contributed by atoms with van der Waals surface area (Å²) in [5.74, 6) is -1.11. The molecule has 0 radical (unpaired) electrons. The highest BCUT2D eigenvalue weighted by Gasteiger charge is 2.44. The number of aromatic amines is 2. The third-order valence-corrected chi connectivity index (χ3v) is 6.54. The van der Waals surface area contributed by atoms with Crippen LogP contribution in [0.3, 0.4) is 0 Å². The number of nitrogens with zero attached hydrogens (tertiary/aromatic N) is 1. The predicted molar refractivity (Wildman–Crippen MR) is 133 cm³/mol. The molecule has 0 aliphatic carbocycles. The number of nitrogens with one attached hydrogen (secondary N) is 2. The van der Waals surface area contributed by atoms with E-state index >= 15 is 0 Å². The summed E-state index contributed by atoms with van der Waals surface area (Å²) >= 11 is 6.04. The first-order valence-electron chi connectivity index (χ1n) is 11.1. The van der Waals surface area contributed by atoms with Crippen molar-refractivity contribution in [3.63, 3.8) is 0 Å². The van der Waals surface area contributed by atoms with Gasteiger partial charge in [-0.1, -0.05) is 23.7 Å². The Labute approximate surface area is 213 Å². The molecule has 1 fully saturated rings. The molecule has 1 saturated heterocycles. The molecule has 2 aromatic carbocycles. The zero-order chi connectivity index (χ0) is 24.3. The highest BCUT2D eigenvalue weighted by Crippen LogP contribution is 2.38. The lowest BCUT2D eigenvalue weighted by Gasteiger charge is -2.40. The number of H-pyrrole nitrogens is 2. The van der Waals surface area contributed by atoms with Crippen molar-refractivity contribution in [1.82, 2.24) is 14.9 Å². The molecule has 10 heteroatoms. The minimum Gasteiger partial charge on any atom is -0.465 e. The van der Waals surface area contributed by atoms with E-state index in [1.807, 2.05) is 12.1 Å². The number of hydrogen-bond acceptors (Lipinski definition) is 5. The van der Waals surface area contributed by atoms with Crippen LogP contribution in [0.5, 0.6) is 0 Å². The number of imidazole rings is 1. The summed E-state index contributed by atoms with van der Waals surface area (Å²) in [6.45, 7) is 3.50. The number of ether oxygens (including phenoxy) is 1. The Kier molecular flexibility index (Phi) is 8.53. The van der Waals surface area contributed by atoms with Crippen molar-refractivity contribution < 1.29 is 18.7 Å². The number of rotatable bonds is 7. The third-order valence-electron chi connectivity index (χ3n) is 6.29. The maximum absolute atomic E-state index is 13.2. The lowest BCUT2D eigenvalue weighted by Crippen LogP contribution is -2.48. The molecular weight excluding hydrogens is 496 g/mol. The molecular formula is C25H26Cl2FN3O4. The Morgan fingerprint density at radius 3 is 2.29 bits per heavy atom.